The fraction of sp³-hybridized carbons (Fsp3) is 0.222. The first kappa shape index (κ1) is 9.57. The predicted octanol–water partition coefficient (Wildman–Crippen LogP) is 1.54. The van der Waals surface area contributed by atoms with E-state index in [0.29, 0.717) is 11.1 Å². The quantitative estimate of drug-likeness (QED) is 0.564. The molecule has 5 nitrogen and oxygen atoms in total. The maximum Gasteiger partial charge on any atom is 0.275 e. The summed E-state index contributed by atoms with van der Waals surface area (Å²) in [5.41, 5.74) is 0.507. The van der Waals surface area contributed by atoms with Gasteiger partial charge < -0.3 is 5.32 Å². The molecule has 0 spiro atoms. The first-order valence-electron chi connectivity index (χ1n) is 4.27. The van der Waals surface area contributed by atoms with Crippen molar-refractivity contribution >= 4 is 17.3 Å². The van der Waals surface area contributed by atoms with Crippen LogP contribution in [0.25, 0.3) is 0 Å². The Bertz CT molecular complexity index is 485. The van der Waals surface area contributed by atoms with Crippen LogP contribution in [0.2, 0.25) is 0 Å². The molecule has 6 heteroatoms. The Kier molecular flexibility index (Phi) is 1.92. The number of halogens is 1. The summed E-state index contributed by atoms with van der Waals surface area (Å²) >= 11 is 0. The van der Waals surface area contributed by atoms with Crippen LogP contribution < -0.4 is 5.32 Å². The van der Waals surface area contributed by atoms with Crippen LogP contribution in [0.1, 0.15) is 11.1 Å². The van der Waals surface area contributed by atoms with E-state index in [0.717, 1.165) is 6.07 Å². The summed E-state index contributed by atoms with van der Waals surface area (Å²) in [6.45, 7) is 1.51. The average Bonchev–Trinajstić information content (AvgIpc) is 2.53. The Labute approximate surface area is 84.1 Å². The first-order chi connectivity index (χ1) is 7.00. The number of nitro groups is 1. The number of rotatable bonds is 1. The lowest BCUT2D eigenvalue weighted by Crippen LogP contribution is -2.04. The fourth-order valence-corrected chi connectivity index (χ4v) is 1.68. The SMILES string of the molecule is Cc1c([N+](=O)[O-])cc(F)c2c1CC(=O)N2. The second-order valence-electron chi connectivity index (χ2n) is 3.34. The summed E-state index contributed by atoms with van der Waals surface area (Å²) in [6, 6.07) is 0.833. The van der Waals surface area contributed by atoms with Gasteiger partial charge in [0.05, 0.1) is 23.1 Å². The van der Waals surface area contributed by atoms with Crippen LogP contribution in [-0.2, 0) is 11.2 Å². The number of carbonyl (C=O) groups is 1. The zero-order valence-corrected chi connectivity index (χ0v) is 7.83. The van der Waals surface area contributed by atoms with E-state index < -0.39 is 10.7 Å². The Morgan fingerprint density at radius 3 is 2.87 bits per heavy atom. The average molecular weight is 210 g/mol. The van der Waals surface area contributed by atoms with Gasteiger partial charge in [0.1, 0.15) is 0 Å². The van der Waals surface area contributed by atoms with E-state index in [1.54, 1.807) is 0 Å². The second-order valence-corrected chi connectivity index (χ2v) is 3.34. The molecule has 1 amide bonds. The van der Waals surface area contributed by atoms with Crippen LogP contribution in [0, 0.1) is 22.9 Å². The van der Waals surface area contributed by atoms with Gasteiger partial charge in [-0.3, -0.25) is 14.9 Å². The minimum atomic E-state index is -0.756. The number of fused-ring (bicyclic) bond motifs is 1. The van der Waals surface area contributed by atoms with Crippen LogP contribution in [0.5, 0.6) is 0 Å². The van der Waals surface area contributed by atoms with Gasteiger partial charge in [-0.05, 0) is 12.5 Å². The van der Waals surface area contributed by atoms with Crippen LogP contribution >= 0.6 is 0 Å². The third kappa shape index (κ3) is 1.34. The lowest BCUT2D eigenvalue weighted by Gasteiger charge is -2.04. The molecule has 78 valence electrons. The van der Waals surface area contributed by atoms with E-state index in [2.05, 4.69) is 5.32 Å². The van der Waals surface area contributed by atoms with Gasteiger partial charge in [0, 0.05) is 5.56 Å². The molecule has 0 aliphatic carbocycles. The molecule has 0 atom stereocenters. The van der Waals surface area contributed by atoms with E-state index in [1.807, 2.05) is 0 Å². The molecule has 1 aromatic carbocycles. The molecule has 0 saturated carbocycles. The molecule has 1 aliphatic heterocycles. The van der Waals surface area contributed by atoms with Crippen molar-refractivity contribution in [1.29, 1.82) is 0 Å². The lowest BCUT2D eigenvalue weighted by molar-refractivity contribution is -0.385. The third-order valence-electron chi connectivity index (χ3n) is 2.44. The molecule has 0 saturated heterocycles. The van der Waals surface area contributed by atoms with Gasteiger partial charge in [0.25, 0.3) is 5.69 Å². The highest BCUT2D eigenvalue weighted by Gasteiger charge is 2.28. The highest BCUT2D eigenvalue weighted by Crippen LogP contribution is 2.34. The number of amides is 1. The van der Waals surface area contributed by atoms with Gasteiger partial charge in [-0.15, -0.1) is 0 Å². The third-order valence-corrected chi connectivity index (χ3v) is 2.44. The maximum absolute atomic E-state index is 13.3. The van der Waals surface area contributed by atoms with Crippen LogP contribution in [0.3, 0.4) is 0 Å². The van der Waals surface area contributed by atoms with Crippen molar-refractivity contribution in [2.24, 2.45) is 0 Å². The highest BCUT2D eigenvalue weighted by atomic mass is 19.1. The Hall–Kier alpha value is -1.98. The zero-order valence-electron chi connectivity index (χ0n) is 7.83. The van der Waals surface area contributed by atoms with Gasteiger partial charge in [-0.1, -0.05) is 0 Å². The molecular formula is C9H7FN2O3. The van der Waals surface area contributed by atoms with Crippen molar-refractivity contribution in [1.82, 2.24) is 0 Å². The topological polar surface area (TPSA) is 72.2 Å². The largest absolute Gasteiger partial charge is 0.323 e. The summed E-state index contributed by atoms with van der Waals surface area (Å²) in [6.07, 6.45) is -0.000231. The standard InChI is InChI=1S/C9H7FN2O3/c1-4-5-2-8(13)11-9(5)6(10)3-7(4)12(14)15/h3H,2H2,1H3,(H,11,13). The van der Waals surface area contributed by atoms with Crippen molar-refractivity contribution in [2.45, 2.75) is 13.3 Å². The Balaban J connectivity index is 2.68. The molecular weight excluding hydrogens is 203 g/mol. The molecule has 0 fully saturated rings. The molecule has 2 rings (SSSR count). The summed E-state index contributed by atoms with van der Waals surface area (Å²) in [5.74, 6) is -1.10. The Morgan fingerprint density at radius 2 is 2.27 bits per heavy atom. The highest BCUT2D eigenvalue weighted by molar-refractivity contribution is 6.00. The van der Waals surface area contributed by atoms with Crippen molar-refractivity contribution in [2.75, 3.05) is 5.32 Å². The Morgan fingerprint density at radius 1 is 1.60 bits per heavy atom. The molecule has 1 aromatic rings. The second kappa shape index (κ2) is 3.01. The van der Waals surface area contributed by atoms with Crippen molar-refractivity contribution < 1.29 is 14.1 Å². The maximum atomic E-state index is 13.3. The number of benzene rings is 1. The first-order valence-corrected chi connectivity index (χ1v) is 4.27. The van der Waals surface area contributed by atoms with Gasteiger partial charge in [0.2, 0.25) is 5.91 Å². The minimum absolute atomic E-state index is 0.000231. The summed E-state index contributed by atoms with van der Waals surface area (Å²) in [4.78, 5) is 21.0. The van der Waals surface area contributed by atoms with E-state index in [9.17, 15) is 19.3 Å². The predicted molar refractivity (Wildman–Crippen MR) is 50.1 cm³/mol. The summed E-state index contributed by atoms with van der Waals surface area (Å²) < 4.78 is 13.3. The monoisotopic (exact) mass is 210 g/mol. The number of nitrogens with one attached hydrogen (secondary N) is 1. The molecule has 1 aliphatic rings. The summed E-state index contributed by atoms with van der Waals surface area (Å²) in [7, 11) is 0. The molecule has 0 bridgehead atoms. The molecule has 0 aromatic heterocycles. The van der Waals surface area contributed by atoms with Crippen molar-refractivity contribution in [3.05, 3.63) is 33.1 Å². The van der Waals surface area contributed by atoms with Gasteiger partial charge in [0.15, 0.2) is 5.82 Å². The van der Waals surface area contributed by atoms with E-state index in [4.69, 9.17) is 0 Å². The van der Waals surface area contributed by atoms with Crippen LogP contribution in [0.15, 0.2) is 6.07 Å². The number of nitro benzene ring substituents is 1. The van der Waals surface area contributed by atoms with Crippen LogP contribution in [-0.4, -0.2) is 10.8 Å². The molecule has 0 radical (unpaired) electrons. The number of hydrogen-bond donors (Lipinski definition) is 1. The molecule has 15 heavy (non-hydrogen) atoms. The van der Waals surface area contributed by atoms with E-state index in [-0.39, 0.29) is 23.7 Å². The number of anilines is 1. The summed E-state index contributed by atoms with van der Waals surface area (Å²) in [5, 5.41) is 12.9. The fourth-order valence-electron chi connectivity index (χ4n) is 1.68. The smallest absolute Gasteiger partial charge is 0.275 e. The molecule has 1 N–H and O–H groups in total. The lowest BCUT2D eigenvalue weighted by atomic mass is 10.0. The number of nitrogens with zero attached hydrogens (tertiary/aromatic N) is 1. The van der Waals surface area contributed by atoms with Gasteiger partial charge >= 0.3 is 0 Å². The number of carbonyl (C=O) groups excluding carboxylic acids is 1. The van der Waals surface area contributed by atoms with Crippen molar-refractivity contribution in [3.63, 3.8) is 0 Å². The molecule has 1 heterocycles. The minimum Gasteiger partial charge on any atom is -0.323 e. The zero-order chi connectivity index (χ0) is 11.2. The van der Waals surface area contributed by atoms with E-state index in [1.165, 1.54) is 6.92 Å². The van der Waals surface area contributed by atoms with E-state index >= 15 is 0 Å². The van der Waals surface area contributed by atoms with Gasteiger partial charge in [-0.2, -0.15) is 0 Å². The molecule has 0 unspecified atom stereocenters. The van der Waals surface area contributed by atoms with Crippen LogP contribution in [0.4, 0.5) is 15.8 Å². The van der Waals surface area contributed by atoms with Gasteiger partial charge in [-0.25, -0.2) is 4.39 Å². The number of hydrogen-bond acceptors (Lipinski definition) is 3. The normalized spacial score (nSPS) is 13.6. The van der Waals surface area contributed by atoms with Crippen molar-refractivity contribution in [3.8, 4) is 0 Å².